The van der Waals surface area contributed by atoms with Gasteiger partial charge in [-0.25, -0.2) is 0 Å². The van der Waals surface area contributed by atoms with Crippen molar-refractivity contribution in [2.45, 2.75) is 71.3 Å². The number of ketones is 1. The molecule has 0 aromatic heterocycles. The molecule has 0 spiro atoms. The zero-order valence-corrected chi connectivity index (χ0v) is 17.4. The Bertz CT molecular complexity index is 669. The summed E-state index contributed by atoms with van der Waals surface area (Å²) in [5.41, 5.74) is 1.78. The molecule has 3 fully saturated rings. The first kappa shape index (κ1) is 19.2. The monoisotopic (exact) mass is 373 g/mol. The number of allylic oxidation sites excluding steroid dienone is 1. The lowest BCUT2D eigenvalue weighted by atomic mass is 9.47. The number of hydrogen-bond acceptors (Lipinski definition) is 4. The van der Waals surface area contributed by atoms with Gasteiger partial charge in [0, 0.05) is 11.8 Å². The van der Waals surface area contributed by atoms with Gasteiger partial charge in [0.2, 0.25) is 0 Å². The quantitative estimate of drug-likeness (QED) is 0.702. The highest BCUT2D eigenvalue weighted by Crippen LogP contribution is 2.65. The van der Waals surface area contributed by atoms with Crippen LogP contribution in [0.3, 0.4) is 0 Å². The fraction of sp³-hybridized carbons (Fsp3) is 0.826. The molecule has 0 radical (unpaired) electrons. The zero-order valence-electron chi connectivity index (χ0n) is 17.4. The van der Waals surface area contributed by atoms with Crippen molar-refractivity contribution in [3.8, 4) is 0 Å². The van der Waals surface area contributed by atoms with Crippen molar-refractivity contribution >= 4 is 11.8 Å². The second kappa shape index (κ2) is 6.72. The summed E-state index contributed by atoms with van der Waals surface area (Å²) in [6, 6.07) is 0. The average molecular weight is 374 g/mol. The molecule has 0 aromatic carbocycles. The van der Waals surface area contributed by atoms with Crippen LogP contribution < -0.4 is 0 Å². The van der Waals surface area contributed by atoms with E-state index in [0.717, 1.165) is 38.0 Å². The molecule has 27 heavy (non-hydrogen) atoms. The van der Waals surface area contributed by atoms with Gasteiger partial charge in [0.15, 0.2) is 5.78 Å². The molecule has 4 aliphatic carbocycles. The molecule has 4 nitrogen and oxygen atoms in total. The van der Waals surface area contributed by atoms with Crippen LogP contribution in [-0.4, -0.2) is 43.4 Å². The van der Waals surface area contributed by atoms with E-state index in [4.69, 9.17) is 4.74 Å². The minimum Gasteiger partial charge on any atom is -0.461 e. The number of ether oxygens (including phenoxy) is 1. The fourth-order valence-corrected chi connectivity index (χ4v) is 7.16. The molecule has 0 saturated heterocycles. The Hall–Kier alpha value is -1.16. The number of esters is 1. The molecule has 150 valence electrons. The third-order valence-corrected chi connectivity index (χ3v) is 8.59. The predicted molar refractivity (Wildman–Crippen MR) is 105 cm³/mol. The summed E-state index contributed by atoms with van der Waals surface area (Å²) in [6.45, 7) is 5.17. The minimum absolute atomic E-state index is 0.0774. The Morgan fingerprint density at radius 2 is 1.89 bits per heavy atom. The van der Waals surface area contributed by atoms with Crippen molar-refractivity contribution in [1.29, 1.82) is 0 Å². The van der Waals surface area contributed by atoms with E-state index in [1.54, 1.807) is 0 Å². The largest absolute Gasteiger partial charge is 0.461 e. The van der Waals surface area contributed by atoms with Crippen LogP contribution in [0, 0.1) is 28.6 Å². The van der Waals surface area contributed by atoms with Crippen LogP contribution in [0.4, 0.5) is 0 Å². The van der Waals surface area contributed by atoms with Crippen molar-refractivity contribution in [2.75, 3.05) is 20.6 Å². The molecular formula is C23H35NO3. The molecule has 0 aliphatic heterocycles. The highest BCUT2D eigenvalue weighted by Gasteiger charge is 2.59. The first-order valence-electron chi connectivity index (χ1n) is 10.8. The van der Waals surface area contributed by atoms with E-state index in [0.29, 0.717) is 24.2 Å². The molecule has 0 unspecified atom stereocenters. The van der Waals surface area contributed by atoms with E-state index in [1.165, 1.54) is 24.8 Å². The van der Waals surface area contributed by atoms with Crippen LogP contribution in [0.5, 0.6) is 0 Å². The van der Waals surface area contributed by atoms with Crippen LogP contribution in [-0.2, 0) is 14.3 Å². The smallest absolute Gasteiger partial charge is 0.320 e. The first-order valence-corrected chi connectivity index (χ1v) is 10.8. The average Bonchev–Trinajstić information content (AvgIpc) is 2.91. The maximum Gasteiger partial charge on any atom is 0.320 e. The lowest BCUT2D eigenvalue weighted by Gasteiger charge is -2.57. The third kappa shape index (κ3) is 3.08. The number of nitrogens with zero attached hydrogens (tertiary/aromatic N) is 1. The molecule has 0 aromatic rings. The van der Waals surface area contributed by atoms with Crippen molar-refractivity contribution in [2.24, 2.45) is 28.6 Å². The number of carbonyl (C=O) groups is 2. The van der Waals surface area contributed by atoms with Gasteiger partial charge in [0.1, 0.15) is 6.10 Å². The zero-order chi connectivity index (χ0) is 19.4. The molecule has 4 heteroatoms. The third-order valence-electron chi connectivity index (χ3n) is 8.59. The van der Waals surface area contributed by atoms with Gasteiger partial charge in [-0.3, -0.25) is 14.5 Å². The Kier molecular flexibility index (Phi) is 4.77. The van der Waals surface area contributed by atoms with Crippen LogP contribution >= 0.6 is 0 Å². The normalized spacial score (nSPS) is 43.6. The molecule has 0 heterocycles. The van der Waals surface area contributed by atoms with E-state index in [2.05, 4.69) is 13.8 Å². The molecule has 6 atom stereocenters. The number of hydrogen-bond donors (Lipinski definition) is 0. The second-order valence-corrected chi connectivity index (χ2v) is 10.3. The topological polar surface area (TPSA) is 46.6 Å². The lowest BCUT2D eigenvalue weighted by molar-refractivity contribution is -0.160. The molecule has 4 aliphatic rings. The van der Waals surface area contributed by atoms with Gasteiger partial charge in [0.25, 0.3) is 0 Å². The van der Waals surface area contributed by atoms with E-state index >= 15 is 0 Å². The number of fused-ring (bicyclic) bond motifs is 5. The highest BCUT2D eigenvalue weighted by atomic mass is 16.5. The van der Waals surface area contributed by atoms with E-state index in [-0.39, 0.29) is 22.9 Å². The second-order valence-electron chi connectivity index (χ2n) is 10.3. The molecule has 3 saturated carbocycles. The van der Waals surface area contributed by atoms with Crippen molar-refractivity contribution in [3.63, 3.8) is 0 Å². The number of likely N-dealkylation sites (N-methyl/N-ethyl adjacent to an activating group) is 1. The van der Waals surface area contributed by atoms with Gasteiger partial charge in [-0.1, -0.05) is 19.4 Å². The summed E-state index contributed by atoms with van der Waals surface area (Å²) in [5.74, 6) is 2.32. The summed E-state index contributed by atoms with van der Waals surface area (Å²) in [4.78, 5) is 26.1. The van der Waals surface area contributed by atoms with Crippen LogP contribution in [0.1, 0.15) is 65.2 Å². The molecule has 0 N–H and O–H groups in total. The summed E-state index contributed by atoms with van der Waals surface area (Å²) in [7, 11) is 3.82. The Labute approximate surface area is 163 Å². The van der Waals surface area contributed by atoms with Gasteiger partial charge in [-0.2, -0.15) is 0 Å². The number of carbonyl (C=O) groups excluding carboxylic acids is 2. The Balaban J connectivity index is 1.53. The molecule has 0 amide bonds. The summed E-state index contributed by atoms with van der Waals surface area (Å²) in [5, 5.41) is 0. The van der Waals surface area contributed by atoms with Gasteiger partial charge >= 0.3 is 5.97 Å². The molecule has 0 bridgehead atoms. The lowest BCUT2D eigenvalue weighted by Crippen LogP contribution is -2.51. The van der Waals surface area contributed by atoms with Crippen LogP contribution in [0.2, 0.25) is 0 Å². The predicted octanol–water partition coefficient (Wildman–Crippen LogP) is 3.99. The SMILES string of the molecule is CN(C)CC(=O)O[C@H]1CC[C@H]2[C@@H]3CCC4=CC(=O)CC[C@]4(C)[C@H]3CC[C@]12C. The van der Waals surface area contributed by atoms with Gasteiger partial charge in [0.05, 0.1) is 6.54 Å². The summed E-state index contributed by atoms with van der Waals surface area (Å²) in [6.07, 6.45) is 10.7. The van der Waals surface area contributed by atoms with E-state index in [9.17, 15) is 9.59 Å². The fourth-order valence-electron chi connectivity index (χ4n) is 7.16. The minimum atomic E-state index is -0.0828. The maximum absolute atomic E-state index is 12.3. The highest BCUT2D eigenvalue weighted by molar-refractivity contribution is 5.91. The maximum atomic E-state index is 12.3. The van der Waals surface area contributed by atoms with Crippen molar-refractivity contribution in [3.05, 3.63) is 11.6 Å². The Morgan fingerprint density at radius 1 is 1.11 bits per heavy atom. The summed E-state index contributed by atoms with van der Waals surface area (Å²) >= 11 is 0. The van der Waals surface area contributed by atoms with Crippen LogP contribution in [0.15, 0.2) is 11.6 Å². The summed E-state index contributed by atoms with van der Waals surface area (Å²) < 4.78 is 5.98. The first-order chi connectivity index (χ1) is 12.7. The van der Waals surface area contributed by atoms with Gasteiger partial charge < -0.3 is 4.74 Å². The Morgan fingerprint density at radius 3 is 2.63 bits per heavy atom. The van der Waals surface area contributed by atoms with E-state index in [1.807, 2.05) is 25.1 Å². The number of rotatable bonds is 3. The van der Waals surface area contributed by atoms with Crippen molar-refractivity contribution < 1.29 is 14.3 Å². The van der Waals surface area contributed by atoms with Gasteiger partial charge in [-0.05, 0) is 88.3 Å². The van der Waals surface area contributed by atoms with E-state index < -0.39 is 0 Å². The van der Waals surface area contributed by atoms with Gasteiger partial charge in [-0.15, -0.1) is 0 Å². The van der Waals surface area contributed by atoms with Crippen LogP contribution in [0.25, 0.3) is 0 Å². The molecular weight excluding hydrogens is 338 g/mol. The molecule has 4 rings (SSSR count). The van der Waals surface area contributed by atoms with Crippen molar-refractivity contribution in [1.82, 2.24) is 4.90 Å². The standard InChI is InChI=1S/C23H35NO3/c1-22-11-9-16(25)13-15(22)5-6-17-18-7-8-20(27-21(26)14-24(3)4)23(18,2)12-10-19(17)22/h13,17-20H,5-12,14H2,1-4H3/t17-,18-,19-,20-,22-,23-/m0/s1.